The number of H-pyrrole nitrogens is 3. The SMILES string of the molecule is NCCCc1cc(O)c2[nH]c(C(=O)O)cc(=O)c2c1.O=C(O)c1cc(=O)c2cc(CCCO)cc(O)c2[nH]1.O=C(O)c1cc(=O)c2cc(Cc3ccccc3)cc(OCc3ccccc3)c2[nH]1. The molecule has 8 rings (SSSR count). The largest absolute Gasteiger partial charge is 0.506 e. The summed E-state index contributed by atoms with van der Waals surface area (Å²) in [6.45, 7) is 0.851. The summed E-state index contributed by atoms with van der Waals surface area (Å²) in [7, 11) is 0. The number of nitrogens with one attached hydrogen (secondary N) is 3. The van der Waals surface area contributed by atoms with Gasteiger partial charge < -0.3 is 56.1 Å². The average Bonchev–Trinajstić information content (AvgIpc) is 3.31. The third kappa shape index (κ3) is 12.2. The Labute approximate surface area is 380 Å². The predicted molar refractivity (Wildman–Crippen MR) is 251 cm³/mol. The maximum Gasteiger partial charge on any atom is 0.352 e. The van der Waals surface area contributed by atoms with Crippen molar-refractivity contribution in [1.82, 2.24) is 15.0 Å². The van der Waals surface area contributed by atoms with Crippen molar-refractivity contribution in [3.8, 4) is 17.2 Å². The van der Waals surface area contributed by atoms with Gasteiger partial charge in [0, 0.05) is 41.0 Å². The number of aliphatic hydroxyl groups is 1. The number of aromatic carboxylic acids is 3. The summed E-state index contributed by atoms with van der Waals surface area (Å²) in [6.07, 6.45) is 3.09. The van der Waals surface area contributed by atoms with Crippen LogP contribution in [0.3, 0.4) is 0 Å². The molecule has 3 aromatic heterocycles. The van der Waals surface area contributed by atoms with Crippen molar-refractivity contribution in [2.75, 3.05) is 13.2 Å². The lowest BCUT2D eigenvalue weighted by Crippen LogP contribution is -2.11. The van der Waals surface area contributed by atoms with Gasteiger partial charge >= 0.3 is 17.9 Å². The molecule has 3 heterocycles. The van der Waals surface area contributed by atoms with Crippen LogP contribution in [0, 0.1) is 0 Å². The molecule has 0 bridgehead atoms. The first kappa shape index (κ1) is 47.9. The number of phenolic OH excluding ortho intramolecular Hbond substituents is 2. The first-order chi connectivity index (χ1) is 32.1. The second-order valence-electron chi connectivity index (χ2n) is 15.3. The van der Waals surface area contributed by atoms with E-state index in [1.54, 1.807) is 18.2 Å². The number of carboxylic acid groups (broad SMARTS) is 3. The highest BCUT2D eigenvalue weighted by molar-refractivity contribution is 5.94. The smallest absolute Gasteiger partial charge is 0.352 e. The molecule has 0 saturated heterocycles. The highest BCUT2D eigenvalue weighted by Crippen LogP contribution is 2.28. The van der Waals surface area contributed by atoms with Crippen LogP contribution in [0.15, 0.2) is 130 Å². The summed E-state index contributed by atoms with van der Waals surface area (Å²) >= 11 is 0. The van der Waals surface area contributed by atoms with Crippen molar-refractivity contribution >= 4 is 50.6 Å². The van der Waals surface area contributed by atoms with Crippen molar-refractivity contribution in [3.63, 3.8) is 0 Å². The van der Waals surface area contributed by atoms with Crippen LogP contribution >= 0.6 is 0 Å². The Kier molecular flexibility index (Phi) is 15.7. The zero-order chi connectivity index (χ0) is 48.2. The van der Waals surface area contributed by atoms with E-state index in [0.29, 0.717) is 61.1 Å². The van der Waals surface area contributed by atoms with Gasteiger partial charge in [-0.05, 0) is 103 Å². The van der Waals surface area contributed by atoms with Gasteiger partial charge in [-0.25, -0.2) is 14.4 Å². The first-order valence-electron chi connectivity index (χ1n) is 20.8. The van der Waals surface area contributed by atoms with Gasteiger partial charge in [0.05, 0.1) is 16.6 Å². The fraction of sp³-hybridized carbons (Fsp3) is 0.160. The van der Waals surface area contributed by atoms with E-state index in [-0.39, 0.29) is 62.4 Å². The van der Waals surface area contributed by atoms with Crippen molar-refractivity contribution in [3.05, 3.63) is 191 Å². The average molecular weight is 911 g/mol. The molecular formula is C50H46N4O13. The highest BCUT2D eigenvalue weighted by Gasteiger charge is 2.16. The fourth-order valence-electron chi connectivity index (χ4n) is 7.16. The van der Waals surface area contributed by atoms with Gasteiger partial charge in [0.2, 0.25) is 0 Å². The second kappa shape index (κ2) is 21.9. The summed E-state index contributed by atoms with van der Waals surface area (Å²) in [5.41, 5.74) is 8.64. The van der Waals surface area contributed by atoms with Crippen molar-refractivity contribution in [1.29, 1.82) is 0 Å². The van der Waals surface area contributed by atoms with Gasteiger partial charge in [-0.2, -0.15) is 0 Å². The highest BCUT2D eigenvalue weighted by atomic mass is 16.5. The molecule has 0 saturated carbocycles. The molecule has 344 valence electrons. The van der Waals surface area contributed by atoms with Crippen LogP contribution in [-0.4, -0.2) is 76.7 Å². The Morgan fingerprint density at radius 2 is 0.925 bits per heavy atom. The third-order valence-electron chi connectivity index (χ3n) is 10.4. The van der Waals surface area contributed by atoms with Gasteiger partial charge in [-0.3, -0.25) is 14.4 Å². The molecule has 0 spiro atoms. The molecular weight excluding hydrogens is 865 g/mol. The number of hydrogen-bond acceptors (Lipinski definition) is 11. The summed E-state index contributed by atoms with van der Waals surface area (Å²) in [4.78, 5) is 77.3. The monoisotopic (exact) mass is 910 g/mol. The number of nitrogens with two attached hydrogens (primary N) is 1. The Balaban J connectivity index is 0.000000172. The van der Waals surface area contributed by atoms with E-state index < -0.39 is 28.8 Å². The van der Waals surface area contributed by atoms with Crippen molar-refractivity contribution in [2.24, 2.45) is 5.73 Å². The number of carboxylic acids is 3. The van der Waals surface area contributed by atoms with Gasteiger partial charge in [0.25, 0.3) is 0 Å². The first-order valence-corrected chi connectivity index (χ1v) is 20.8. The van der Waals surface area contributed by atoms with Crippen LogP contribution in [0.25, 0.3) is 32.7 Å². The van der Waals surface area contributed by atoms with Crippen molar-refractivity contribution in [2.45, 2.75) is 38.7 Å². The van der Waals surface area contributed by atoms with Crippen LogP contribution in [0.5, 0.6) is 17.2 Å². The number of rotatable bonds is 14. The molecule has 0 amide bonds. The maximum absolute atomic E-state index is 12.6. The van der Waals surface area contributed by atoms with Gasteiger partial charge in [0.15, 0.2) is 16.3 Å². The van der Waals surface area contributed by atoms with Gasteiger partial charge in [-0.1, -0.05) is 60.7 Å². The van der Waals surface area contributed by atoms with E-state index in [9.17, 15) is 44.1 Å². The Morgan fingerprint density at radius 3 is 1.37 bits per heavy atom. The number of ether oxygens (including phenoxy) is 1. The summed E-state index contributed by atoms with van der Waals surface area (Å²) < 4.78 is 6.01. The Bertz CT molecular complexity index is 3150. The number of aromatic hydroxyl groups is 2. The molecule has 8 aromatic rings. The van der Waals surface area contributed by atoms with E-state index >= 15 is 0 Å². The molecule has 17 nitrogen and oxygen atoms in total. The number of phenols is 2. The summed E-state index contributed by atoms with van der Waals surface area (Å²) in [5, 5.41) is 56.5. The van der Waals surface area contributed by atoms with E-state index in [1.165, 1.54) is 12.1 Å². The predicted octanol–water partition coefficient (Wildman–Crippen LogP) is 6.08. The maximum atomic E-state index is 12.6. The number of aromatic nitrogens is 3. The number of fused-ring (bicyclic) bond motifs is 3. The third-order valence-corrected chi connectivity index (χ3v) is 10.4. The quantitative estimate of drug-likeness (QED) is 0.0592. The minimum Gasteiger partial charge on any atom is -0.506 e. The van der Waals surface area contributed by atoms with Gasteiger partial charge in [-0.15, -0.1) is 0 Å². The number of carbonyl (C=O) groups is 3. The zero-order valence-electron chi connectivity index (χ0n) is 35.7. The number of hydrogen-bond donors (Lipinski definition) is 10. The number of benzene rings is 5. The number of aliphatic hydroxyl groups excluding tert-OH is 1. The van der Waals surface area contributed by atoms with Crippen LogP contribution in [0.1, 0.15) is 72.1 Å². The lowest BCUT2D eigenvalue weighted by Gasteiger charge is -2.13. The fourth-order valence-corrected chi connectivity index (χ4v) is 7.16. The molecule has 5 aromatic carbocycles. The van der Waals surface area contributed by atoms with E-state index in [2.05, 4.69) is 15.0 Å². The van der Waals surface area contributed by atoms with Gasteiger partial charge in [0.1, 0.15) is 40.9 Å². The lowest BCUT2D eigenvalue weighted by molar-refractivity contribution is 0.0680. The minimum absolute atomic E-state index is 0.0209. The second-order valence-corrected chi connectivity index (χ2v) is 15.3. The topological polar surface area (TPSA) is 306 Å². The molecule has 67 heavy (non-hydrogen) atoms. The number of pyridine rings is 3. The molecule has 11 N–H and O–H groups in total. The molecule has 0 fully saturated rings. The number of aryl methyl sites for hydroxylation is 2. The standard InChI is InChI=1S/C24H19NO4.C13H14N2O4.C13H13NO5/c26-21-14-20(24(27)28)25-23-19(21)12-18(11-16-7-3-1-4-8-16)13-22(23)29-15-17-9-5-2-6-10-17;14-3-1-2-7-4-8-10(16)6-9(13(18)19)15-12(8)11(17)5-7;15-3-1-2-7-4-8-10(16)6-9(13(18)19)14-12(8)11(17)5-7/h1-10,12-14H,11,15H2,(H,25,26)(H,27,28);4-6,17H,1-3,14H2,(H,15,16)(H,18,19);4-6,15,17H,1-3H2,(H,14,16)(H,18,19). The van der Waals surface area contributed by atoms with E-state index in [0.717, 1.165) is 46.9 Å². The zero-order valence-corrected chi connectivity index (χ0v) is 35.7. The minimum atomic E-state index is -1.26. The van der Waals surface area contributed by atoms with Crippen molar-refractivity contribution < 1.29 is 49.8 Å². The summed E-state index contributed by atoms with van der Waals surface area (Å²) in [6, 6.07) is 32.6. The lowest BCUT2D eigenvalue weighted by atomic mass is 10.0. The van der Waals surface area contributed by atoms with Crippen LogP contribution < -0.4 is 26.8 Å². The molecule has 17 heteroatoms. The normalized spacial score (nSPS) is 10.8. The number of aromatic amines is 3. The Morgan fingerprint density at radius 1 is 0.507 bits per heavy atom. The van der Waals surface area contributed by atoms with Crippen LogP contribution in [0.4, 0.5) is 0 Å². The molecule has 0 radical (unpaired) electrons. The molecule has 0 aliphatic rings. The Hall–Kier alpha value is -8.54. The summed E-state index contributed by atoms with van der Waals surface area (Å²) in [5.74, 6) is -3.55. The van der Waals surface area contributed by atoms with Crippen LogP contribution in [0.2, 0.25) is 0 Å². The van der Waals surface area contributed by atoms with E-state index in [1.807, 2.05) is 66.7 Å². The molecule has 0 aliphatic heterocycles. The molecule has 0 atom stereocenters. The van der Waals surface area contributed by atoms with Crippen LogP contribution in [-0.2, 0) is 25.9 Å². The van der Waals surface area contributed by atoms with E-state index in [4.69, 9.17) is 25.8 Å². The molecule has 0 aliphatic carbocycles. The molecule has 0 unspecified atom stereocenters.